The molecule has 0 aliphatic heterocycles. The fourth-order valence-electron chi connectivity index (χ4n) is 2.13. The zero-order valence-electron chi connectivity index (χ0n) is 12.6. The van der Waals surface area contributed by atoms with Gasteiger partial charge in [0.1, 0.15) is 11.6 Å². The number of rotatable bonds is 3. The number of benzene rings is 1. The minimum atomic E-state index is 0.411. The molecular formula is C16H13ClN6. The van der Waals surface area contributed by atoms with Crippen LogP contribution in [-0.4, -0.2) is 20.0 Å². The molecule has 114 valence electrons. The second kappa shape index (κ2) is 6.07. The Kier molecular flexibility index (Phi) is 3.96. The fraction of sp³-hybridized carbons (Fsp3) is 0.125. The van der Waals surface area contributed by atoms with Gasteiger partial charge in [0.15, 0.2) is 5.82 Å². The molecule has 3 aromatic rings. The predicted octanol–water partition coefficient (Wildman–Crippen LogP) is 3.55. The van der Waals surface area contributed by atoms with E-state index in [0.717, 1.165) is 16.9 Å². The molecule has 2 heterocycles. The molecule has 0 spiro atoms. The summed E-state index contributed by atoms with van der Waals surface area (Å²) in [6.45, 7) is 3.67. The molecule has 0 bridgehead atoms. The van der Waals surface area contributed by atoms with E-state index in [1.54, 1.807) is 23.1 Å². The van der Waals surface area contributed by atoms with Crippen molar-refractivity contribution in [3.63, 3.8) is 0 Å². The second-order valence-electron chi connectivity index (χ2n) is 5.00. The first-order chi connectivity index (χ1) is 11.1. The first-order valence-corrected chi connectivity index (χ1v) is 7.28. The number of anilines is 2. The van der Waals surface area contributed by atoms with Crippen molar-refractivity contribution in [1.29, 1.82) is 5.26 Å². The zero-order valence-corrected chi connectivity index (χ0v) is 13.3. The van der Waals surface area contributed by atoms with Gasteiger partial charge in [-0.1, -0.05) is 23.7 Å². The van der Waals surface area contributed by atoms with Crippen LogP contribution in [0.3, 0.4) is 0 Å². The third kappa shape index (κ3) is 2.87. The average Bonchev–Trinajstić information content (AvgIpc) is 3.00. The minimum absolute atomic E-state index is 0.411. The lowest BCUT2D eigenvalue weighted by atomic mass is 10.1. The Morgan fingerprint density at radius 3 is 2.74 bits per heavy atom. The van der Waals surface area contributed by atoms with Crippen LogP contribution in [0.4, 0.5) is 11.5 Å². The third-order valence-corrected chi connectivity index (χ3v) is 3.83. The van der Waals surface area contributed by atoms with Gasteiger partial charge in [-0.2, -0.15) is 15.5 Å². The van der Waals surface area contributed by atoms with Gasteiger partial charge in [0.25, 0.3) is 0 Å². The summed E-state index contributed by atoms with van der Waals surface area (Å²) in [4.78, 5) is 0. The van der Waals surface area contributed by atoms with Gasteiger partial charge in [0.2, 0.25) is 0 Å². The fourth-order valence-corrected chi connectivity index (χ4v) is 2.35. The zero-order chi connectivity index (χ0) is 16.4. The lowest BCUT2D eigenvalue weighted by molar-refractivity contribution is 0.881. The summed E-state index contributed by atoms with van der Waals surface area (Å²) < 4.78 is 1.66. The van der Waals surface area contributed by atoms with Crippen molar-refractivity contribution in [3.8, 4) is 11.8 Å². The van der Waals surface area contributed by atoms with Gasteiger partial charge in [0.05, 0.1) is 34.5 Å². The molecule has 0 aliphatic carbocycles. The molecule has 0 saturated heterocycles. The molecule has 0 atom stereocenters. The summed E-state index contributed by atoms with van der Waals surface area (Å²) >= 11 is 6.17. The van der Waals surface area contributed by atoms with Crippen molar-refractivity contribution in [2.75, 3.05) is 5.32 Å². The van der Waals surface area contributed by atoms with Crippen molar-refractivity contribution in [1.82, 2.24) is 20.0 Å². The van der Waals surface area contributed by atoms with Crippen LogP contribution in [0.25, 0.3) is 5.69 Å². The van der Waals surface area contributed by atoms with E-state index in [2.05, 4.69) is 26.7 Å². The van der Waals surface area contributed by atoms with E-state index in [4.69, 9.17) is 11.6 Å². The maximum Gasteiger partial charge on any atom is 0.171 e. The Morgan fingerprint density at radius 1 is 1.22 bits per heavy atom. The lowest BCUT2D eigenvalue weighted by Crippen LogP contribution is -2.03. The van der Waals surface area contributed by atoms with E-state index >= 15 is 0 Å². The number of hydrogen-bond donors (Lipinski definition) is 1. The van der Waals surface area contributed by atoms with Crippen molar-refractivity contribution < 1.29 is 0 Å². The molecule has 1 N–H and O–H groups in total. The highest BCUT2D eigenvalue weighted by Crippen LogP contribution is 2.24. The van der Waals surface area contributed by atoms with E-state index in [1.807, 2.05) is 32.0 Å². The molecule has 0 radical (unpaired) electrons. The largest absolute Gasteiger partial charge is 0.335 e. The maximum atomic E-state index is 9.33. The summed E-state index contributed by atoms with van der Waals surface area (Å²) in [6.07, 6.45) is 3.42. The molecule has 7 heteroatoms. The molecule has 2 aromatic heterocycles. The number of para-hydroxylation sites is 1. The first kappa shape index (κ1) is 15.0. The van der Waals surface area contributed by atoms with Gasteiger partial charge < -0.3 is 5.32 Å². The predicted molar refractivity (Wildman–Crippen MR) is 88.1 cm³/mol. The van der Waals surface area contributed by atoms with Crippen LogP contribution in [0.1, 0.15) is 16.8 Å². The number of nitrogens with one attached hydrogen (secondary N) is 1. The van der Waals surface area contributed by atoms with Crippen molar-refractivity contribution in [2.45, 2.75) is 13.8 Å². The number of hydrogen-bond acceptors (Lipinski definition) is 5. The van der Waals surface area contributed by atoms with E-state index in [1.165, 1.54) is 0 Å². The molecule has 6 nitrogen and oxygen atoms in total. The van der Waals surface area contributed by atoms with Crippen LogP contribution < -0.4 is 5.32 Å². The Hall–Kier alpha value is -2.91. The third-order valence-electron chi connectivity index (χ3n) is 3.51. The molecule has 0 unspecified atom stereocenters. The summed E-state index contributed by atoms with van der Waals surface area (Å²) in [5, 5.41) is 25.4. The normalized spacial score (nSPS) is 10.3. The molecule has 0 saturated carbocycles. The number of nitriles is 1. The molecule has 23 heavy (non-hydrogen) atoms. The van der Waals surface area contributed by atoms with Crippen LogP contribution in [0, 0.1) is 25.2 Å². The van der Waals surface area contributed by atoms with Crippen LogP contribution in [-0.2, 0) is 0 Å². The van der Waals surface area contributed by atoms with Crippen molar-refractivity contribution >= 4 is 23.1 Å². The Labute approximate surface area is 138 Å². The van der Waals surface area contributed by atoms with Crippen LogP contribution in [0.5, 0.6) is 0 Å². The minimum Gasteiger partial charge on any atom is -0.335 e. The van der Waals surface area contributed by atoms with Gasteiger partial charge in [0, 0.05) is 0 Å². The van der Waals surface area contributed by atoms with Gasteiger partial charge in [-0.05, 0) is 31.5 Å². The van der Waals surface area contributed by atoms with E-state index in [9.17, 15) is 5.26 Å². The smallest absolute Gasteiger partial charge is 0.171 e. The molecular weight excluding hydrogens is 312 g/mol. The topological polar surface area (TPSA) is 79.4 Å². The Bertz CT molecular complexity index is 909. The maximum absolute atomic E-state index is 9.33. The highest BCUT2D eigenvalue weighted by atomic mass is 35.5. The van der Waals surface area contributed by atoms with E-state index in [0.29, 0.717) is 22.1 Å². The standard InChI is InChI=1S/C16H13ClN6/c1-10-11(2)21-22-16(13(10)7-18)20-12-8-19-23(9-12)15-6-4-3-5-14(15)17/h3-6,8-9H,1-2H3,(H,20,22). The van der Waals surface area contributed by atoms with Gasteiger partial charge in [-0.25, -0.2) is 4.68 Å². The number of aryl methyl sites for hydroxylation is 1. The average molecular weight is 325 g/mol. The van der Waals surface area contributed by atoms with E-state index < -0.39 is 0 Å². The van der Waals surface area contributed by atoms with E-state index in [-0.39, 0.29) is 0 Å². The second-order valence-corrected chi connectivity index (χ2v) is 5.40. The SMILES string of the molecule is Cc1nnc(Nc2cnn(-c3ccccc3Cl)c2)c(C#N)c1C. The summed E-state index contributed by atoms with van der Waals surface area (Å²) in [5.41, 5.74) is 3.48. The van der Waals surface area contributed by atoms with Crippen molar-refractivity contribution in [2.24, 2.45) is 0 Å². The lowest BCUT2D eigenvalue weighted by Gasteiger charge is -2.07. The number of aromatic nitrogens is 4. The summed E-state index contributed by atoms with van der Waals surface area (Å²) in [7, 11) is 0. The summed E-state index contributed by atoms with van der Waals surface area (Å²) in [5.74, 6) is 0.411. The summed E-state index contributed by atoms with van der Waals surface area (Å²) in [6, 6.07) is 9.58. The monoisotopic (exact) mass is 324 g/mol. The quantitative estimate of drug-likeness (QED) is 0.797. The molecule has 3 rings (SSSR count). The first-order valence-electron chi connectivity index (χ1n) is 6.90. The van der Waals surface area contributed by atoms with Gasteiger partial charge >= 0.3 is 0 Å². The number of halogens is 1. The molecule has 1 aromatic carbocycles. The van der Waals surface area contributed by atoms with Crippen LogP contribution in [0.15, 0.2) is 36.7 Å². The van der Waals surface area contributed by atoms with Crippen LogP contribution >= 0.6 is 11.6 Å². The Balaban J connectivity index is 1.93. The number of nitrogens with zero attached hydrogens (tertiary/aromatic N) is 5. The van der Waals surface area contributed by atoms with Gasteiger partial charge in [-0.15, -0.1) is 5.10 Å². The highest BCUT2D eigenvalue weighted by Gasteiger charge is 2.12. The van der Waals surface area contributed by atoms with Crippen molar-refractivity contribution in [3.05, 3.63) is 58.5 Å². The highest BCUT2D eigenvalue weighted by molar-refractivity contribution is 6.32. The molecule has 0 amide bonds. The van der Waals surface area contributed by atoms with Crippen LogP contribution in [0.2, 0.25) is 5.02 Å². The molecule has 0 aliphatic rings. The van der Waals surface area contributed by atoms with Gasteiger partial charge in [-0.3, -0.25) is 0 Å². The Morgan fingerprint density at radius 2 is 2.00 bits per heavy atom. The molecule has 0 fully saturated rings.